The molecule has 14 rings (SSSR count). The number of nitrogens with zero attached hydrogens (tertiary/aromatic N) is 21. The Bertz CT molecular complexity index is 3610. The predicted octanol–water partition coefficient (Wildman–Crippen LogP) is 11.1. The van der Waals surface area contributed by atoms with Crippen molar-refractivity contribution in [3.63, 3.8) is 0 Å². The molecule has 8 heterocycles. The van der Waals surface area contributed by atoms with Crippen molar-refractivity contribution in [2.75, 3.05) is 87.1 Å². The Morgan fingerprint density at radius 3 is 0.610 bits per heavy atom. The van der Waals surface area contributed by atoms with Crippen LogP contribution in [0.15, 0.2) is 0 Å². The van der Waals surface area contributed by atoms with Crippen molar-refractivity contribution >= 4 is 35.4 Å². The molecule has 14 fully saturated rings. The van der Waals surface area contributed by atoms with Crippen molar-refractivity contribution in [1.82, 2.24) is 121 Å². The van der Waals surface area contributed by atoms with Crippen molar-refractivity contribution in [1.29, 1.82) is 0 Å². The molecule has 0 aromatic carbocycles. The highest BCUT2D eigenvalue weighted by atomic mass is 16.2. The number of likely N-dealkylation sites (N-methyl/N-ethyl adjacent to an activating group) is 3. The van der Waals surface area contributed by atoms with E-state index in [2.05, 4.69) is 295 Å². The lowest BCUT2D eigenvalue weighted by molar-refractivity contribution is -0.437. The molecule has 8 saturated heterocycles. The topological polar surface area (TPSA) is 207 Å². The summed E-state index contributed by atoms with van der Waals surface area (Å²) in [6.45, 7) is 55.1. The zero-order valence-electron chi connectivity index (χ0n) is 82.2. The van der Waals surface area contributed by atoms with Crippen molar-refractivity contribution in [3.05, 3.63) is 0 Å². The second-order valence-corrected chi connectivity index (χ2v) is 47.7. The molecule has 6 aliphatic carbocycles. The Morgan fingerprint density at radius 2 is 0.407 bits per heavy atom. The molecule has 0 bridgehead atoms. The molecule has 0 radical (unpaired) electrons. The van der Waals surface area contributed by atoms with Crippen LogP contribution in [-0.2, 0) is 28.8 Å². The summed E-state index contributed by atoms with van der Waals surface area (Å²) in [4.78, 5) is 110. The van der Waals surface area contributed by atoms with Crippen molar-refractivity contribution in [3.8, 4) is 0 Å². The molecule has 0 atom stereocenters. The highest BCUT2D eigenvalue weighted by molar-refractivity contribution is 5.89. The SMILES string of the molecule is CN1C(C)(C)CN(N(C2CCCCC2)N2CN(N(C3CCCCC3)N3CC(C)(C)N(C)C(C)(C)C3=O)C(C3N(N(C4CCCCC4)N4CC(C)(C)NC(C)(C)C4=O)CN(N(C4CCCCC4)N4CC(C)(C)NC(C)(C)C4=O)CN3N(C3CCCCC3)N3CC(C)(C)NC(C)(C)C3=O)N(N(C3CCCCC3)N3CC(C)(C)N(C)C(C)(C)C3=O)C2)C(=O)C1(C)C. The Balaban J connectivity index is 1.18. The number of rotatable bonds is 19. The Kier molecular flexibility index (Phi) is 26.8. The fourth-order valence-electron chi connectivity index (χ4n) is 25.6. The standard InChI is InChI=1S/C93H172N24O6/c1-82(2)58-102(76(118)88(13,14)94-82)112(68-46-34-28-35-47-68)100-64-108(114(70-50-38-30-39-51-70)103-59-83(3,4)95-89(15,16)77(103)119)74(109(65-100)115(71-52-40-31-41-53-71)104-60-84(5,6)96-90(17,18)78(104)120)75-110(116(72-54-42-32-43-55-72)106-62-86(9,10)98(26)92(21,22)80(106)122)66-101(113(69-48-36-29-37-49-69)105-61-85(7,8)97(25)91(19,20)79(105)121)67-111(75)117(73-56-44-33-45-57-73)107-63-87(11,12)99(27)93(23,24)81(107)123/h68-75,94-96H,28-67H2,1-27H3. The summed E-state index contributed by atoms with van der Waals surface area (Å²) < 4.78 is 0. The first-order valence-corrected chi connectivity index (χ1v) is 49.0. The van der Waals surface area contributed by atoms with Crippen LogP contribution < -0.4 is 16.0 Å². The molecule has 8 aliphatic heterocycles. The number of piperazine rings is 6. The van der Waals surface area contributed by atoms with Gasteiger partial charge >= 0.3 is 0 Å². The lowest BCUT2D eigenvalue weighted by Crippen LogP contribution is -2.89. The smallest absolute Gasteiger partial charge is 0.257 e. The van der Waals surface area contributed by atoms with E-state index < -0.39 is 78.8 Å². The van der Waals surface area contributed by atoms with Gasteiger partial charge in [0.05, 0.1) is 99.2 Å². The summed E-state index contributed by atoms with van der Waals surface area (Å²) in [5.41, 5.74) is -9.56. The normalized spacial score (nSPS) is 30.8. The Labute approximate surface area is 742 Å². The van der Waals surface area contributed by atoms with Crippen LogP contribution in [0.5, 0.6) is 0 Å². The Hall–Kier alpha value is -3.90. The number of hydrogen-bond acceptors (Lipinski definition) is 24. The van der Waals surface area contributed by atoms with Gasteiger partial charge in [-0.2, -0.15) is 30.1 Å². The largest absolute Gasteiger partial charge is 0.297 e. The molecule has 30 nitrogen and oxygen atoms in total. The van der Waals surface area contributed by atoms with E-state index in [1.807, 2.05) is 13.8 Å². The van der Waals surface area contributed by atoms with E-state index in [1.54, 1.807) is 0 Å². The van der Waals surface area contributed by atoms with Gasteiger partial charge in [0.2, 0.25) is 0 Å². The van der Waals surface area contributed by atoms with Crippen LogP contribution in [0.25, 0.3) is 0 Å². The first kappa shape index (κ1) is 95.2. The van der Waals surface area contributed by atoms with Crippen LogP contribution in [0.1, 0.15) is 359 Å². The van der Waals surface area contributed by atoms with Gasteiger partial charge in [0.1, 0.15) is 12.3 Å². The molecule has 700 valence electrons. The van der Waals surface area contributed by atoms with Gasteiger partial charge in [-0.1, -0.05) is 116 Å². The second-order valence-electron chi connectivity index (χ2n) is 47.7. The molecule has 0 unspecified atom stereocenters. The highest BCUT2D eigenvalue weighted by Gasteiger charge is 2.66. The van der Waals surface area contributed by atoms with Crippen LogP contribution in [0.2, 0.25) is 0 Å². The second kappa shape index (κ2) is 34.7. The first-order valence-electron chi connectivity index (χ1n) is 49.0. The van der Waals surface area contributed by atoms with E-state index in [1.165, 1.54) is 0 Å². The molecule has 14 aliphatic rings. The lowest BCUT2D eigenvalue weighted by atomic mass is 9.88. The third-order valence-electron chi connectivity index (χ3n) is 32.3. The zero-order valence-corrected chi connectivity index (χ0v) is 82.2. The molecule has 0 aromatic heterocycles. The third kappa shape index (κ3) is 18.2. The third-order valence-corrected chi connectivity index (χ3v) is 32.3. The van der Waals surface area contributed by atoms with Gasteiger partial charge in [0, 0.05) is 69.5 Å². The summed E-state index contributed by atoms with van der Waals surface area (Å²) in [6, 6.07) is -1.23. The average Bonchev–Trinajstić information content (AvgIpc) is 0.701. The van der Waals surface area contributed by atoms with E-state index in [-0.39, 0.29) is 98.4 Å². The van der Waals surface area contributed by atoms with Crippen molar-refractivity contribution in [2.24, 2.45) is 0 Å². The van der Waals surface area contributed by atoms with E-state index in [0.29, 0.717) is 39.3 Å². The molecule has 3 N–H and O–H groups in total. The summed E-state index contributed by atoms with van der Waals surface area (Å²) in [5, 5.41) is 55.3. The van der Waals surface area contributed by atoms with Gasteiger partial charge in [0.15, 0.2) is 0 Å². The number of amides is 6. The van der Waals surface area contributed by atoms with E-state index >= 15 is 28.8 Å². The van der Waals surface area contributed by atoms with Crippen LogP contribution in [0.3, 0.4) is 0 Å². The number of carbonyl (C=O) groups is 6. The van der Waals surface area contributed by atoms with Crippen molar-refractivity contribution < 1.29 is 28.8 Å². The van der Waals surface area contributed by atoms with E-state index in [9.17, 15) is 0 Å². The molecule has 6 amide bonds. The van der Waals surface area contributed by atoms with Gasteiger partial charge in [-0.25, -0.2) is 0 Å². The van der Waals surface area contributed by atoms with Gasteiger partial charge in [-0.05, 0) is 264 Å². The van der Waals surface area contributed by atoms with Gasteiger partial charge in [-0.15, -0.1) is 30.7 Å². The number of hydrogen-bond donors (Lipinski definition) is 3. The van der Waals surface area contributed by atoms with Crippen molar-refractivity contribution in [2.45, 2.75) is 474 Å². The summed E-state index contributed by atoms with van der Waals surface area (Å²) in [5.74, 6) is -0.127. The maximum Gasteiger partial charge on any atom is 0.257 e. The molecule has 6 saturated carbocycles. The molecule has 0 spiro atoms. The van der Waals surface area contributed by atoms with Gasteiger partial charge < -0.3 is 0 Å². The summed E-state index contributed by atoms with van der Waals surface area (Å²) in [6.07, 6.45) is 25.6. The van der Waals surface area contributed by atoms with Crippen LogP contribution >= 0.6 is 0 Å². The zero-order chi connectivity index (χ0) is 89.6. The van der Waals surface area contributed by atoms with Crippen LogP contribution in [0.4, 0.5) is 0 Å². The highest BCUT2D eigenvalue weighted by Crippen LogP contribution is 2.49. The number of carbonyl (C=O) groups excluding carboxylic acids is 6. The predicted molar refractivity (Wildman–Crippen MR) is 482 cm³/mol. The van der Waals surface area contributed by atoms with Crippen LogP contribution in [0, 0.1) is 0 Å². The fraction of sp³-hybridized carbons (Fsp3) is 0.935. The average molecular weight is 1720 g/mol. The quantitative estimate of drug-likeness (QED) is 0.110. The van der Waals surface area contributed by atoms with Crippen LogP contribution in [-0.4, -0.2) is 343 Å². The minimum absolute atomic E-state index is 0.0151. The fourth-order valence-corrected chi connectivity index (χ4v) is 25.6. The van der Waals surface area contributed by atoms with Gasteiger partial charge in [-0.3, -0.25) is 89.5 Å². The maximum atomic E-state index is 17.5. The maximum absolute atomic E-state index is 17.5. The Morgan fingerprint density at radius 1 is 0.236 bits per heavy atom. The molecular weight excluding hydrogens is 1550 g/mol. The van der Waals surface area contributed by atoms with Gasteiger partial charge in [0.25, 0.3) is 35.4 Å². The minimum atomic E-state index is -1.06. The first-order chi connectivity index (χ1) is 57.2. The lowest BCUT2D eigenvalue weighted by Gasteiger charge is -2.70. The van der Waals surface area contributed by atoms with E-state index in [4.69, 9.17) is 0 Å². The molecule has 123 heavy (non-hydrogen) atoms. The molecule has 0 aromatic rings. The molecule has 30 heteroatoms. The minimum Gasteiger partial charge on any atom is -0.297 e. The number of nitrogens with one attached hydrogen (secondary N) is 3. The number of hydrazine groups is 12. The summed E-state index contributed by atoms with van der Waals surface area (Å²) >= 11 is 0. The monoisotopic (exact) mass is 1720 g/mol. The summed E-state index contributed by atoms with van der Waals surface area (Å²) in [7, 11) is 6.36. The van der Waals surface area contributed by atoms with E-state index in [0.717, 1.165) is 193 Å². The molecular formula is C93H172N24O6.